The molecule has 170 valence electrons. The Morgan fingerprint density at radius 1 is 1.06 bits per heavy atom. The van der Waals surface area contributed by atoms with Crippen molar-refractivity contribution >= 4 is 29.0 Å². The lowest BCUT2D eigenvalue weighted by Gasteiger charge is -2.34. The number of carbonyl (C=O) groups excluding carboxylic acids is 1. The number of pyridine rings is 1. The fraction of sp³-hybridized carbons (Fsp3) is 0.385. The standard InChI is InChI=1S/C26H30N6O/c1-26(2)17-32(21-11-4-5-12-21)23-22(31(3)24(26)33)16-28-25(30-23)29-20-10-6-8-18(14-20)19-9-7-13-27-15-19/h6-10,13-16,21H,4-5,11-12,17H2,1-3H3,(H,28,29,30). The Labute approximate surface area is 194 Å². The van der Waals surface area contributed by atoms with Crippen LogP contribution in [0.25, 0.3) is 11.1 Å². The largest absolute Gasteiger partial charge is 0.351 e. The summed E-state index contributed by atoms with van der Waals surface area (Å²) in [5.74, 6) is 1.46. The van der Waals surface area contributed by atoms with Gasteiger partial charge in [0, 0.05) is 43.3 Å². The highest BCUT2D eigenvalue weighted by atomic mass is 16.2. The van der Waals surface area contributed by atoms with Crippen LogP contribution in [0.15, 0.2) is 55.0 Å². The molecule has 2 aliphatic rings. The third-order valence-electron chi connectivity index (χ3n) is 6.71. The molecule has 33 heavy (non-hydrogen) atoms. The Balaban J connectivity index is 1.50. The Morgan fingerprint density at radius 3 is 2.61 bits per heavy atom. The van der Waals surface area contributed by atoms with Gasteiger partial charge in [-0.25, -0.2) is 4.98 Å². The van der Waals surface area contributed by atoms with Crippen LogP contribution in [0.2, 0.25) is 0 Å². The first kappa shape index (κ1) is 21.4. The average Bonchev–Trinajstić information content (AvgIpc) is 3.35. The van der Waals surface area contributed by atoms with Gasteiger partial charge >= 0.3 is 0 Å². The molecule has 1 amide bonds. The van der Waals surface area contributed by atoms with E-state index in [1.807, 2.05) is 51.4 Å². The quantitative estimate of drug-likeness (QED) is 0.611. The van der Waals surface area contributed by atoms with E-state index in [9.17, 15) is 4.79 Å². The molecule has 0 atom stereocenters. The average molecular weight is 443 g/mol. The molecule has 1 aromatic carbocycles. The van der Waals surface area contributed by atoms with Crippen LogP contribution in [0.5, 0.6) is 0 Å². The molecule has 1 aliphatic heterocycles. The van der Waals surface area contributed by atoms with E-state index in [4.69, 9.17) is 4.98 Å². The number of fused-ring (bicyclic) bond motifs is 1. The summed E-state index contributed by atoms with van der Waals surface area (Å²) in [5.41, 5.74) is 3.31. The minimum atomic E-state index is -0.496. The molecule has 1 fully saturated rings. The molecule has 2 aromatic heterocycles. The van der Waals surface area contributed by atoms with Gasteiger partial charge in [-0.05, 0) is 50.5 Å². The van der Waals surface area contributed by atoms with Crippen molar-refractivity contribution in [3.63, 3.8) is 0 Å². The van der Waals surface area contributed by atoms with Crippen LogP contribution in [0.1, 0.15) is 39.5 Å². The van der Waals surface area contributed by atoms with Gasteiger partial charge in [0.05, 0.1) is 11.6 Å². The monoisotopic (exact) mass is 442 g/mol. The molecule has 0 radical (unpaired) electrons. The van der Waals surface area contributed by atoms with Gasteiger partial charge in [-0.2, -0.15) is 4.98 Å². The van der Waals surface area contributed by atoms with E-state index in [2.05, 4.69) is 32.3 Å². The van der Waals surface area contributed by atoms with Crippen LogP contribution in [-0.4, -0.2) is 40.5 Å². The molecule has 1 N–H and O–H groups in total. The second-order valence-electron chi connectivity index (χ2n) is 9.66. The summed E-state index contributed by atoms with van der Waals surface area (Å²) in [4.78, 5) is 31.0. The van der Waals surface area contributed by atoms with Crippen molar-refractivity contribution in [3.05, 3.63) is 55.0 Å². The maximum Gasteiger partial charge on any atom is 0.234 e. The van der Waals surface area contributed by atoms with Crippen molar-refractivity contribution in [3.8, 4) is 11.1 Å². The number of carbonyl (C=O) groups is 1. The van der Waals surface area contributed by atoms with Gasteiger partial charge in [0.2, 0.25) is 11.9 Å². The third-order valence-corrected chi connectivity index (χ3v) is 6.71. The van der Waals surface area contributed by atoms with Crippen molar-refractivity contribution in [2.45, 2.75) is 45.6 Å². The molecule has 0 spiro atoms. The van der Waals surface area contributed by atoms with Crippen LogP contribution < -0.4 is 15.1 Å². The minimum Gasteiger partial charge on any atom is -0.351 e. The highest BCUT2D eigenvalue weighted by Gasteiger charge is 2.41. The van der Waals surface area contributed by atoms with Crippen LogP contribution >= 0.6 is 0 Å². The predicted molar refractivity (Wildman–Crippen MR) is 132 cm³/mol. The lowest BCUT2D eigenvalue weighted by atomic mass is 9.91. The number of anilines is 4. The molecule has 5 rings (SSSR count). The number of nitrogens with zero attached hydrogens (tertiary/aromatic N) is 5. The SMILES string of the molecule is CN1C(=O)C(C)(C)CN(C2CCCC2)c2nc(Nc3cccc(-c4cccnc4)c3)ncc21. The van der Waals surface area contributed by atoms with Crippen molar-refractivity contribution < 1.29 is 4.79 Å². The van der Waals surface area contributed by atoms with Gasteiger partial charge in [-0.1, -0.05) is 31.0 Å². The number of aromatic nitrogens is 3. The molecule has 7 nitrogen and oxygen atoms in total. The number of benzene rings is 1. The molecule has 0 unspecified atom stereocenters. The molecule has 7 heteroatoms. The zero-order valence-corrected chi connectivity index (χ0v) is 19.5. The van der Waals surface area contributed by atoms with Crippen molar-refractivity contribution in [2.24, 2.45) is 5.41 Å². The number of amides is 1. The van der Waals surface area contributed by atoms with Crippen molar-refractivity contribution in [1.29, 1.82) is 0 Å². The Kier molecular flexibility index (Phi) is 5.48. The van der Waals surface area contributed by atoms with E-state index in [-0.39, 0.29) is 5.91 Å². The Morgan fingerprint density at radius 2 is 1.85 bits per heavy atom. The highest BCUT2D eigenvalue weighted by molar-refractivity contribution is 6.00. The molecular weight excluding hydrogens is 412 g/mol. The molecule has 3 aromatic rings. The van der Waals surface area contributed by atoms with Gasteiger partial charge in [0.1, 0.15) is 5.69 Å². The second-order valence-corrected chi connectivity index (χ2v) is 9.66. The zero-order chi connectivity index (χ0) is 23.0. The summed E-state index contributed by atoms with van der Waals surface area (Å²) >= 11 is 0. The summed E-state index contributed by atoms with van der Waals surface area (Å²) in [6.45, 7) is 4.70. The van der Waals surface area contributed by atoms with Gasteiger partial charge in [0.15, 0.2) is 5.82 Å². The fourth-order valence-corrected chi connectivity index (χ4v) is 4.96. The van der Waals surface area contributed by atoms with E-state index in [0.29, 0.717) is 18.5 Å². The maximum atomic E-state index is 13.2. The van der Waals surface area contributed by atoms with E-state index in [0.717, 1.165) is 41.2 Å². The maximum absolute atomic E-state index is 13.2. The topological polar surface area (TPSA) is 74.2 Å². The Hall–Kier alpha value is -3.48. The van der Waals surface area contributed by atoms with Crippen LogP contribution in [0.3, 0.4) is 0 Å². The summed E-state index contributed by atoms with van der Waals surface area (Å²) in [6.07, 6.45) is 10.1. The molecule has 0 saturated heterocycles. The number of hydrogen-bond acceptors (Lipinski definition) is 6. The van der Waals surface area contributed by atoms with Crippen LogP contribution in [0, 0.1) is 5.41 Å². The molecular formula is C26H30N6O. The van der Waals surface area contributed by atoms with E-state index >= 15 is 0 Å². The van der Waals surface area contributed by atoms with Crippen LogP contribution in [0.4, 0.5) is 23.1 Å². The van der Waals surface area contributed by atoms with E-state index in [1.165, 1.54) is 12.8 Å². The molecule has 3 heterocycles. The van der Waals surface area contributed by atoms with Crippen LogP contribution in [-0.2, 0) is 4.79 Å². The number of nitrogens with one attached hydrogen (secondary N) is 1. The third kappa shape index (κ3) is 4.15. The number of hydrogen-bond donors (Lipinski definition) is 1. The summed E-state index contributed by atoms with van der Waals surface area (Å²) in [5, 5.41) is 3.37. The van der Waals surface area contributed by atoms with Gasteiger partial charge < -0.3 is 15.1 Å². The van der Waals surface area contributed by atoms with Gasteiger partial charge in [-0.3, -0.25) is 9.78 Å². The Bertz CT molecular complexity index is 1160. The first-order chi connectivity index (χ1) is 15.9. The zero-order valence-electron chi connectivity index (χ0n) is 19.5. The first-order valence-electron chi connectivity index (χ1n) is 11.6. The number of rotatable bonds is 4. The van der Waals surface area contributed by atoms with E-state index in [1.54, 1.807) is 17.3 Å². The predicted octanol–water partition coefficient (Wildman–Crippen LogP) is 5.03. The molecule has 1 saturated carbocycles. The van der Waals surface area contributed by atoms with E-state index < -0.39 is 5.41 Å². The summed E-state index contributed by atoms with van der Waals surface area (Å²) in [7, 11) is 1.83. The lowest BCUT2D eigenvalue weighted by molar-refractivity contribution is -0.125. The van der Waals surface area contributed by atoms with Gasteiger partial charge in [0.25, 0.3) is 0 Å². The highest BCUT2D eigenvalue weighted by Crippen LogP contribution is 2.40. The second kappa shape index (κ2) is 8.46. The molecule has 0 bridgehead atoms. The van der Waals surface area contributed by atoms with Crippen molar-refractivity contribution in [2.75, 3.05) is 28.7 Å². The first-order valence-corrected chi connectivity index (χ1v) is 11.6. The summed E-state index contributed by atoms with van der Waals surface area (Å²) in [6, 6.07) is 12.5. The molecule has 1 aliphatic carbocycles. The minimum absolute atomic E-state index is 0.0951. The fourth-order valence-electron chi connectivity index (χ4n) is 4.96. The van der Waals surface area contributed by atoms with Crippen molar-refractivity contribution in [1.82, 2.24) is 15.0 Å². The summed E-state index contributed by atoms with van der Waals surface area (Å²) < 4.78 is 0. The smallest absolute Gasteiger partial charge is 0.234 e. The van der Waals surface area contributed by atoms with Gasteiger partial charge in [-0.15, -0.1) is 0 Å². The normalized spacial score (nSPS) is 18.2. The lowest BCUT2D eigenvalue weighted by Crippen LogP contribution is -2.45.